The quantitative estimate of drug-likeness (QED) is 0.628. The second-order valence-electron chi connectivity index (χ2n) is 3.73. The van der Waals surface area contributed by atoms with Crippen LogP contribution in [0.4, 0.5) is 0 Å². The fourth-order valence-corrected chi connectivity index (χ4v) is 1.89. The van der Waals surface area contributed by atoms with Gasteiger partial charge in [-0.2, -0.15) is 11.8 Å². The molecule has 11 heavy (non-hydrogen) atoms. The normalized spacial score (nSPS) is 12.0. The minimum absolute atomic E-state index is 0.348. The minimum atomic E-state index is 0.348. The first kappa shape index (κ1) is 11.3. The van der Waals surface area contributed by atoms with Crippen LogP contribution in [0.2, 0.25) is 0 Å². The van der Waals surface area contributed by atoms with Crippen molar-refractivity contribution < 1.29 is 0 Å². The fraction of sp³-hybridized carbons (Fsp3) is 1.00. The molecule has 68 valence electrons. The molecule has 0 aromatic heterocycles. The van der Waals surface area contributed by atoms with Crippen molar-refractivity contribution >= 4 is 11.8 Å². The molecule has 2 heteroatoms. The molecule has 0 amide bonds. The average molecular weight is 175 g/mol. The van der Waals surface area contributed by atoms with E-state index in [4.69, 9.17) is 5.73 Å². The number of nitrogens with two attached hydrogens (primary N) is 1. The Morgan fingerprint density at radius 2 is 1.91 bits per heavy atom. The van der Waals surface area contributed by atoms with Gasteiger partial charge in [-0.15, -0.1) is 0 Å². The van der Waals surface area contributed by atoms with E-state index in [-0.39, 0.29) is 0 Å². The third-order valence-corrected chi connectivity index (χ3v) is 3.01. The standard InChI is InChI=1S/C9H21NS/c1-4-6-11-7-5-9(2,3)8-10/h4-8,10H2,1-3H3. The molecule has 2 N–H and O–H groups in total. The van der Waals surface area contributed by atoms with Crippen LogP contribution in [0.15, 0.2) is 0 Å². The van der Waals surface area contributed by atoms with Crippen molar-refractivity contribution in [2.45, 2.75) is 33.6 Å². The van der Waals surface area contributed by atoms with Gasteiger partial charge in [0.15, 0.2) is 0 Å². The lowest BCUT2D eigenvalue weighted by molar-refractivity contribution is 0.368. The van der Waals surface area contributed by atoms with Gasteiger partial charge in [-0.3, -0.25) is 0 Å². The maximum atomic E-state index is 5.61. The van der Waals surface area contributed by atoms with Gasteiger partial charge < -0.3 is 5.73 Å². The van der Waals surface area contributed by atoms with Crippen molar-refractivity contribution in [3.63, 3.8) is 0 Å². The van der Waals surface area contributed by atoms with Crippen LogP contribution in [0, 0.1) is 5.41 Å². The molecule has 0 rings (SSSR count). The van der Waals surface area contributed by atoms with Crippen molar-refractivity contribution in [3.8, 4) is 0 Å². The molecule has 0 saturated heterocycles. The molecule has 1 nitrogen and oxygen atoms in total. The maximum absolute atomic E-state index is 5.61. The molecule has 0 aliphatic heterocycles. The van der Waals surface area contributed by atoms with Crippen LogP contribution in [-0.2, 0) is 0 Å². The molecule has 0 unspecified atom stereocenters. The molecule has 0 atom stereocenters. The van der Waals surface area contributed by atoms with E-state index < -0.39 is 0 Å². The van der Waals surface area contributed by atoms with E-state index in [1.165, 1.54) is 24.3 Å². The van der Waals surface area contributed by atoms with Crippen molar-refractivity contribution in [2.75, 3.05) is 18.1 Å². The fourth-order valence-electron chi connectivity index (χ4n) is 0.697. The summed E-state index contributed by atoms with van der Waals surface area (Å²) in [6, 6.07) is 0. The lowest BCUT2D eigenvalue weighted by atomic mass is 9.91. The van der Waals surface area contributed by atoms with Crippen LogP contribution in [0.5, 0.6) is 0 Å². The zero-order chi connectivity index (χ0) is 8.74. The summed E-state index contributed by atoms with van der Waals surface area (Å²) in [5, 5.41) is 0. The highest BCUT2D eigenvalue weighted by atomic mass is 32.2. The van der Waals surface area contributed by atoms with Crippen LogP contribution in [0.3, 0.4) is 0 Å². The summed E-state index contributed by atoms with van der Waals surface area (Å²) < 4.78 is 0. The Kier molecular flexibility index (Phi) is 6.06. The summed E-state index contributed by atoms with van der Waals surface area (Å²) in [5.74, 6) is 2.55. The second-order valence-corrected chi connectivity index (χ2v) is 4.96. The Bertz CT molecular complexity index is 91.6. The monoisotopic (exact) mass is 175 g/mol. The van der Waals surface area contributed by atoms with E-state index in [1.807, 2.05) is 11.8 Å². The Labute approximate surface area is 75.1 Å². The third kappa shape index (κ3) is 6.70. The molecule has 0 bridgehead atoms. The SMILES string of the molecule is CCCSCCC(C)(C)CN. The smallest absolute Gasteiger partial charge is 0.00255 e. The van der Waals surface area contributed by atoms with E-state index >= 15 is 0 Å². The van der Waals surface area contributed by atoms with Gasteiger partial charge >= 0.3 is 0 Å². The molecule has 0 aromatic rings. The molecule has 0 heterocycles. The van der Waals surface area contributed by atoms with Crippen LogP contribution in [-0.4, -0.2) is 18.1 Å². The summed E-state index contributed by atoms with van der Waals surface area (Å²) in [5.41, 5.74) is 5.96. The van der Waals surface area contributed by atoms with Gasteiger partial charge in [0.1, 0.15) is 0 Å². The van der Waals surface area contributed by atoms with Crippen LogP contribution < -0.4 is 5.73 Å². The summed E-state index contributed by atoms with van der Waals surface area (Å²) in [6.07, 6.45) is 2.53. The Morgan fingerprint density at radius 1 is 1.27 bits per heavy atom. The summed E-state index contributed by atoms with van der Waals surface area (Å²) in [4.78, 5) is 0. The molecular formula is C9H21NS. The maximum Gasteiger partial charge on any atom is -0.00255 e. The van der Waals surface area contributed by atoms with Gasteiger partial charge in [-0.1, -0.05) is 20.8 Å². The van der Waals surface area contributed by atoms with Crippen LogP contribution in [0.1, 0.15) is 33.6 Å². The van der Waals surface area contributed by atoms with E-state index in [2.05, 4.69) is 20.8 Å². The molecule has 0 spiro atoms. The molecule has 0 aliphatic rings. The number of thioether (sulfide) groups is 1. The molecule has 0 saturated carbocycles. The van der Waals surface area contributed by atoms with Crippen molar-refractivity contribution in [1.29, 1.82) is 0 Å². The summed E-state index contributed by atoms with van der Waals surface area (Å²) in [6.45, 7) is 7.50. The number of rotatable bonds is 6. The van der Waals surface area contributed by atoms with Gasteiger partial charge in [0.25, 0.3) is 0 Å². The molecule has 0 radical (unpaired) electrons. The first-order chi connectivity index (χ1) is 5.12. The highest BCUT2D eigenvalue weighted by Crippen LogP contribution is 2.21. The molecular weight excluding hydrogens is 154 g/mol. The predicted molar refractivity (Wildman–Crippen MR) is 55.1 cm³/mol. The van der Waals surface area contributed by atoms with E-state index in [0.29, 0.717) is 5.41 Å². The number of hydrogen-bond acceptors (Lipinski definition) is 2. The summed E-state index contributed by atoms with van der Waals surface area (Å²) >= 11 is 2.04. The first-order valence-corrected chi connectivity index (χ1v) is 5.55. The van der Waals surface area contributed by atoms with E-state index in [9.17, 15) is 0 Å². The van der Waals surface area contributed by atoms with Crippen molar-refractivity contribution in [1.82, 2.24) is 0 Å². The van der Waals surface area contributed by atoms with Gasteiger partial charge in [0.2, 0.25) is 0 Å². The average Bonchev–Trinajstić information content (AvgIpc) is 1.99. The zero-order valence-corrected chi connectivity index (χ0v) is 8.84. The lowest BCUT2D eigenvalue weighted by Crippen LogP contribution is -2.24. The predicted octanol–water partition coefficient (Wildman–Crippen LogP) is 2.50. The topological polar surface area (TPSA) is 26.0 Å². The van der Waals surface area contributed by atoms with Gasteiger partial charge in [0.05, 0.1) is 0 Å². The highest BCUT2D eigenvalue weighted by molar-refractivity contribution is 7.99. The van der Waals surface area contributed by atoms with Crippen LogP contribution >= 0.6 is 11.8 Å². The summed E-state index contributed by atoms with van der Waals surface area (Å²) in [7, 11) is 0. The number of hydrogen-bond donors (Lipinski definition) is 1. The minimum Gasteiger partial charge on any atom is -0.330 e. The first-order valence-electron chi connectivity index (χ1n) is 4.40. The zero-order valence-electron chi connectivity index (χ0n) is 8.02. The third-order valence-electron chi connectivity index (χ3n) is 1.82. The van der Waals surface area contributed by atoms with Crippen molar-refractivity contribution in [2.24, 2.45) is 11.1 Å². The van der Waals surface area contributed by atoms with Crippen molar-refractivity contribution in [3.05, 3.63) is 0 Å². The molecule has 0 fully saturated rings. The van der Waals surface area contributed by atoms with Crippen LogP contribution in [0.25, 0.3) is 0 Å². The molecule has 0 aliphatic carbocycles. The Morgan fingerprint density at radius 3 is 2.36 bits per heavy atom. The van der Waals surface area contributed by atoms with E-state index in [1.54, 1.807) is 0 Å². The molecule has 0 aromatic carbocycles. The lowest BCUT2D eigenvalue weighted by Gasteiger charge is -2.21. The second kappa shape index (κ2) is 5.90. The Hall–Kier alpha value is 0.310. The largest absolute Gasteiger partial charge is 0.330 e. The highest BCUT2D eigenvalue weighted by Gasteiger charge is 2.13. The van der Waals surface area contributed by atoms with Gasteiger partial charge in [-0.25, -0.2) is 0 Å². The Balaban J connectivity index is 3.23. The van der Waals surface area contributed by atoms with Gasteiger partial charge in [0, 0.05) is 0 Å². The van der Waals surface area contributed by atoms with Gasteiger partial charge in [-0.05, 0) is 36.3 Å². The van der Waals surface area contributed by atoms with E-state index in [0.717, 1.165) is 6.54 Å².